The fourth-order valence-electron chi connectivity index (χ4n) is 2.31. The molecule has 0 spiro atoms. The quantitative estimate of drug-likeness (QED) is 0.561. The van der Waals surface area contributed by atoms with Gasteiger partial charge in [0.2, 0.25) is 5.78 Å². The van der Waals surface area contributed by atoms with E-state index in [1.807, 2.05) is 6.92 Å². The summed E-state index contributed by atoms with van der Waals surface area (Å²) >= 11 is 1.38. The van der Waals surface area contributed by atoms with E-state index in [0.29, 0.717) is 11.6 Å². The highest BCUT2D eigenvalue weighted by atomic mass is 79.9. The number of cyclic esters (lactones) is 1. The Hall–Kier alpha value is -0.860. The average Bonchev–Trinajstić information content (AvgIpc) is 2.96. The summed E-state index contributed by atoms with van der Waals surface area (Å²) in [6.07, 6.45) is 2.19. The predicted octanol–water partition coefficient (Wildman–Crippen LogP) is -2.57. The van der Waals surface area contributed by atoms with Crippen molar-refractivity contribution in [2.45, 2.75) is 38.7 Å². The van der Waals surface area contributed by atoms with Crippen LogP contribution in [0.25, 0.3) is 0 Å². The molecule has 1 aliphatic rings. The second-order valence-corrected chi connectivity index (χ2v) is 5.81. The number of nitrogens with zero attached hydrogens (tertiary/aromatic N) is 2. The number of ether oxygens (including phenoxy) is 1. The summed E-state index contributed by atoms with van der Waals surface area (Å²) in [5.41, 5.74) is 0.642. The number of quaternary nitrogens is 1. The molecule has 0 radical (unpaired) electrons. The maximum atomic E-state index is 12.2. The number of nitrogens with two attached hydrogens (primary N) is 1. The molecule has 1 aromatic heterocycles. The second kappa shape index (κ2) is 7.24. The predicted molar refractivity (Wildman–Crippen MR) is 68.9 cm³/mol. The van der Waals surface area contributed by atoms with E-state index >= 15 is 0 Å². The van der Waals surface area contributed by atoms with Crippen LogP contribution in [0.4, 0.5) is 5.13 Å². The van der Waals surface area contributed by atoms with Crippen LogP contribution in [0.1, 0.15) is 33.1 Å². The number of hydrogen-bond donors (Lipinski definition) is 1. The first-order chi connectivity index (χ1) is 9.05. The van der Waals surface area contributed by atoms with Gasteiger partial charge in [0.05, 0.1) is 5.92 Å². The maximum absolute atomic E-state index is 12.2. The molecule has 0 saturated carbocycles. The third-order valence-corrected chi connectivity index (χ3v) is 4.05. The minimum absolute atomic E-state index is 0. The van der Waals surface area contributed by atoms with Gasteiger partial charge in [-0.2, -0.15) is 0 Å². The molecule has 6 nitrogen and oxygen atoms in total. The van der Waals surface area contributed by atoms with E-state index in [-0.39, 0.29) is 41.2 Å². The van der Waals surface area contributed by atoms with Crippen molar-refractivity contribution in [1.82, 2.24) is 10.2 Å². The maximum Gasteiger partial charge on any atom is 0.310 e. The van der Waals surface area contributed by atoms with Crippen molar-refractivity contribution in [3.8, 4) is 0 Å². The van der Waals surface area contributed by atoms with Crippen molar-refractivity contribution in [3.63, 3.8) is 0 Å². The smallest absolute Gasteiger partial charge is 0.310 e. The highest BCUT2D eigenvalue weighted by Crippen LogP contribution is 2.34. The number of esters is 1. The van der Waals surface area contributed by atoms with Gasteiger partial charge in [-0.1, -0.05) is 18.4 Å². The summed E-state index contributed by atoms with van der Waals surface area (Å²) in [4.78, 5) is 23.9. The number of carbonyl (C=O) groups excluding carboxylic acids is 2. The van der Waals surface area contributed by atoms with Crippen LogP contribution in [0.2, 0.25) is 0 Å². The Labute approximate surface area is 132 Å². The number of Topliss-reactive ketones (excluding diaryl/α,β-unsaturated/α-hetero) is 1. The number of halogens is 1. The molecule has 1 aromatic rings. The van der Waals surface area contributed by atoms with Crippen molar-refractivity contribution < 1.29 is 36.6 Å². The molecule has 0 aliphatic carbocycles. The van der Waals surface area contributed by atoms with Crippen LogP contribution in [0.15, 0.2) is 5.51 Å². The van der Waals surface area contributed by atoms with E-state index in [0.717, 1.165) is 12.8 Å². The molecule has 1 fully saturated rings. The Morgan fingerprint density at radius 2 is 2.40 bits per heavy atom. The number of ketones is 1. The summed E-state index contributed by atoms with van der Waals surface area (Å²) < 4.78 is 5.30. The first-order valence-electron chi connectivity index (χ1n) is 6.40. The number of rotatable bonds is 6. The molecule has 20 heavy (non-hydrogen) atoms. The van der Waals surface area contributed by atoms with E-state index in [2.05, 4.69) is 10.2 Å². The summed E-state index contributed by atoms with van der Waals surface area (Å²) in [7, 11) is 0. The molecule has 0 aromatic carbocycles. The summed E-state index contributed by atoms with van der Waals surface area (Å²) in [5, 5.41) is 10.00. The van der Waals surface area contributed by atoms with Crippen molar-refractivity contribution >= 4 is 28.2 Å². The van der Waals surface area contributed by atoms with Crippen molar-refractivity contribution in [1.29, 1.82) is 0 Å². The Bertz CT molecular complexity index is 469. The molecule has 2 heterocycles. The normalized spacial score (nSPS) is 25.1. The Balaban J connectivity index is 0.00000200. The fraction of sp³-hybridized carbons (Fsp3) is 0.667. The molecule has 2 unspecified atom stereocenters. The standard InChI is InChI=1S/C12H17N3O3S.BrH/c1-3-4-8-5-12(2,18-10(8)17)9(16)6-13-11-15-14-7-19-11;/h7-8H,3-6H2,1-2H3,(H,13,15);1H. The SMILES string of the molecule is CCCC1CC(C)(C(=O)C[NH2+]c2nncs2)OC1=O.[Br-]. The summed E-state index contributed by atoms with van der Waals surface area (Å²) in [6.45, 7) is 3.95. The molecule has 0 bridgehead atoms. The monoisotopic (exact) mass is 363 g/mol. The lowest BCUT2D eigenvalue weighted by atomic mass is 9.89. The number of hydrogen-bond acceptors (Lipinski definition) is 6. The summed E-state index contributed by atoms with van der Waals surface area (Å²) in [6, 6.07) is 0. The highest BCUT2D eigenvalue weighted by molar-refractivity contribution is 7.12. The lowest BCUT2D eigenvalue weighted by molar-refractivity contribution is -0.559. The van der Waals surface area contributed by atoms with E-state index in [1.165, 1.54) is 11.3 Å². The Morgan fingerprint density at radius 1 is 1.65 bits per heavy atom. The van der Waals surface area contributed by atoms with Gasteiger partial charge in [-0.25, -0.2) is 0 Å². The van der Waals surface area contributed by atoms with Crippen molar-refractivity contribution in [2.75, 3.05) is 6.54 Å². The second-order valence-electron chi connectivity index (χ2n) is 4.95. The van der Waals surface area contributed by atoms with Gasteiger partial charge in [0.1, 0.15) is 12.1 Å². The van der Waals surface area contributed by atoms with Crippen LogP contribution in [0.5, 0.6) is 0 Å². The zero-order valence-electron chi connectivity index (χ0n) is 11.5. The van der Waals surface area contributed by atoms with Crippen LogP contribution in [0, 0.1) is 5.92 Å². The van der Waals surface area contributed by atoms with Gasteiger partial charge in [-0.05, 0) is 24.7 Å². The first kappa shape index (κ1) is 17.2. The summed E-state index contributed by atoms with van der Waals surface area (Å²) in [5.74, 6) is -0.455. The molecule has 1 aliphatic heterocycles. The van der Waals surface area contributed by atoms with Crippen molar-refractivity contribution in [2.24, 2.45) is 5.92 Å². The molecule has 112 valence electrons. The molecule has 2 N–H and O–H groups in total. The lowest BCUT2D eigenvalue weighted by Crippen LogP contribution is -3.00. The molecule has 0 amide bonds. The average molecular weight is 364 g/mol. The molecule has 1 saturated heterocycles. The third-order valence-electron chi connectivity index (χ3n) is 3.36. The zero-order valence-corrected chi connectivity index (χ0v) is 13.9. The molecule has 2 atom stereocenters. The zero-order chi connectivity index (χ0) is 13.9. The van der Waals surface area contributed by atoms with Crippen LogP contribution in [0.3, 0.4) is 0 Å². The largest absolute Gasteiger partial charge is 1.00 e. The fourth-order valence-corrected chi connectivity index (χ4v) is 2.78. The topological polar surface area (TPSA) is 85.8 Å². The first-order valence-corrected chi connectivity index (χ1v) is 7.28. The number of carbonyl (C=O) groups is 2. The Kier molecular flexibility index (Phi) is 6.22. The Morgan fingerprint density at radius 3 is 3.00 bits per heavy atom. The van der Waals surface area contributed by atoms with Gasteiger partial charge < -0.3 is 21.7 Å². The molecular weight excluding hydrogens is 346 g/mol. The molecular formula is C12H18BrN3O3S. The van der Waals surface area contributed by atoms with Crippen LogP contribution < -0.4 is 22.3 Å². The van der Waals surface area contributed by atoms with Gasteiger partial charge in [0, 0.05) is 6.42 Å². The van der Waals surface area contributed by atoms with Gasteiger partial charge in [0.15, 0.2) is 5.60 Å². The van der Waals surface area contributed by atoms with Gasteiger partial charge in [-0.15, -0.1) is 5.10 Å². The van der Waals surface area contributed by atoms with E-state index in [4.69, 9.17) is 4.74 Å². The third kappa shape index (κ3) is 3.83. The van der Waals surface area contributed by atoms with Crippen LogP contribution in [-0.2, 0) is 14.3 Å². The number of aromatic nitrogens is 2. The van der Waals surface area contributed by atoms with Crippen LogP contribution in [-0.4, -0.2) is 34.1 Å². The van der Waals surface area contributed by atoms with E-state index in [9.17, 15) is 9.59 Å². The molecule has 2 rings (SSSR count). The minimum Gasteiger partial charge on any atom is -1.00 e. The molecule has 8 heteroatoms. The minimum atomic E-state index is -0.974. The highest BCUT2D eigenvalue weighted by Gasteiger charge is 2.48. The van der Waals surface area contributed by atoms with Gasteiger partial charge in [0.25, 0.3) is 0 Å². The van der Waals surface area contributed by atoms with Crippen LogP contribution >= 0.6 is 11.3 Å². The van der Waals surface area contributed by atoms with Gasteiger partial charge in [-0.3, -0.25) is 14.9 Å². The van der Waals surface area contributed by atoms with Crippen molar-refractivity contribution in [3.05, 3.63) is 5.51 Å². The van der Waals surface area contributed by atoms with Gasteiger partial charge >= 0.3 is 11.1 Å². The van der Waals surface area contributed by atoms with E-state index < -0.39 is 5.60 Å². The lowest BCUT2D eigenvalue weighted by Gasteiger charge is -2.19. The van der Waals surface area contributed by atoms with E-state index in [1.54, 1.807) is 17.8 Å².